The van der Waals surface area contributed by atoms with Crippen molar-refractivity contribution >= 4 is 17.6 Å². The summed E-state index contributed by atoms with van der Waals surface area (Å²) in [4.78, 5) is 27.2. The quantitative estimate of drug-likeness (QED) is 0.701. The molecule has 0 unspecified atom stereocenters. The van der Waals surface area contributed by atoms with Crippen LogP contribution in [0.2, 0.25) is 0 Å². The summed E-state index contributed by atoms with van der Waals surface area (Å²) < 4.78 is 34.8. The molecule has 0 aliphatic carbocycles. The molecule has 0 radical (unpaired) electrons. The van der Waals surface area contributed by atoms with Gasteiger partial charge in [-0.05, 0) is 30.3 Å². The van der Waals surface area contributed by atoms with Crippen LogP contribution in [0.1, 0.15) is 17.9 Å². The molecule has 8 heteroatoms. The monoisotopic (exact) mass is 413 g/mol. The zero-order chi connectivity index (χ0) is 21.4. The highest BCUT2D eigenvalue weighted by Gasteiger charge is 2.44. The molecule has 0 saturated heterocycles. The van der Waals surface area contributed by atoms with E-state index in [0.717, 1.165) is 0 Å². The molecular formula is C22H20FNO6. The largest absolute Gasteiger partial charge is 0.496 e. The Labute approximate surface area is 172 Å². The van der Waals surface area contributed by atoms with Crippen molar-refractivity contribution in [2.75, 3.05) is 32.8 Å². The van der Waals surface area contributed by atoms with Gasteiger partial charge in [0.15, 0.2) is 11.5 Å². The van der Waals surface area contributed by atoms with E-state index in [1.807, 2.05) is 0 Å². The standard InChI is InChI=1S/C22H20FNO6/c1-27-17-10-19(29-3)18(28-2)8-14(17)15-9-20(25)24(13-6-4-12(23)5-7-13)16-11-30-22(26)21(15)16/h4-8,10,15H,9,11H2,1-3H3/t15-/m0/s1. The van der Waals surface area contributed by atoms with Gasteiger partial charge in [-0.1, -0.05) is 0 Å². The number of benzene rings is 2. The van der Waals surface area contributed by atoms with Gasteiger partial charge < -0.3 is 18.9 Å². The summed E-state index contributed by atoms with van der Waals surface area (Å²) in [5.41, 5.74) is 1.92. The van der Waals surface area contributed by atoms with Gasteiger partial charge in [0.25, 0.3) is 0 Å². The number of anilines is 1. The molecule has 156 valence electrons. The first-order valence-electron chi connectivity index (χ1n) is 9.27. The maximum Gasteiger partial charge on any atom is 0.336 e. The minimum atomic E-state index is -0.575. The molecule has 0 N–H and O–H groups in total. The smallest absolute Gasteiger partial charge is 0.336 e. The first-order chi connectivity index (χ1) is 14.5. The van der Waals surface area contributed by atoms with Gasteiger partial charge >= 0.3 is 5.97 Å². The number of ether oxygens (including phenoxy) is 4. The topological polar surface area (TPSA) is 74.3 Å². The summed E-state index contributed by atoms with van der Waals surface area (Å²) in [7, 11) is 4.52. The molecule has 0 spiro atoms. The number of hydrogen-bond donors (Lipinski definition) is 0. The Morgan fingerprint density at radius 3 is 2.23 bits per heavy atom. The van der Waals surface area contributed by atoms with Crippen molar-refractivity contribution in [3.63, 3.8) is 0 Å². The Balaban J connectivity index is 1.86. The lowest BCUT2D eigenvalue weighted by atomic mass is 9.83. The predicted molar refractivity (Wildman–Crippen MR) is 105 cm³/mol. The van der Waals surface area contributed by atoms with E-state index in [2.05, 4.69) is 0 Å². The third-order valence-electron chi connectivity index (χ3n) is 5.31. The van der Waals surface area contributed by atoms with Crippen LogP contribution < -0.4 is 19.1 Å². The highest BCUT2D eigenvalue weighted by molar-refractivity contribution is 6.06. The van der Waals surface area contributed by atoms with Crippen molar-refractivity contribution < 1.29 is 32.9 Å². The normalized spacial score (nSPS) is 18.3. The number of rotatable bonds is 5. The van der Waals surface area contributed by atoms with Crippen LogP contribution in [0.15, 0.2) is 47.7 Å². The lowest BCUT2D eigenvalue weighted by molar-refractivity contribution is -0.136. The first kappa shape index (κ1) is 19.8. The molecule has 0 fully saturated rings. The molecule has 0 aromatic heterocycles. The fourth-order valence-electron chi connectivity index (χ4n) is 3.93. The maximum atomic E-state index is 13.4. The summed E-state index contributed by atoms with van der Waals surface area (Å²) in [5, 5.41) is 0. The number of cyclic esters (lactones) is 1. The molecule has 7 nitrogen and oxygen atoms in total. The zero-order valence-electron chi connectivity index (χ0n) is 16.7. The van der Waals surface area contributed by atoms with Crippen LogP contribution in [0.25, 0.3) is 0 Å². The van der Waals surface area contributed by atoms with Gasteiger partial charge in [0.2, 0.25) is 5.91 Å². The fourth-order valence-corrected chi connectivity index (χ4v) is 3.93. The average molecular weight is 413 g/mol. The Hall–Kier alpha value is -3.55. The van der Waals surface area contributed by atoms with E-state index in [1.165, 1.54) is 50.5 Å². The lowest BCUT2D eigenvalue weighted by Crippen LogP contribution is -2.37. The molecule has 2 aliphatic heterocycles. The van der Waals surface area contributed by atoms with Crippen LogP contribution in [-0.4, -0.2) is 39.8 Å². The number of carbonyl (C=O) groups excluding carboxylic acids is 2. The SMILES string of the molecule is COc1cc(OC)c([C@@H]2CC(=O)N(c3ccc(F)cc3)C3=C2C(=O)OC3)cc1OC. The number of halogens is 1. The minimum absolute atomic E-state index is 0.0111. The summed E-state index contributed by atoms with van der Waals surface area (Å²) in [5.74, 6) is -0.330. The van der Waals surface area contributed by atoms with Crippen molar-refractivity contribution in [1.29, 1.82) is 0 Å². The molecular weight excluding hydrogens is 393 g/mol. The lowest BCUT2D eigenvalue weighted by Gasteiger charge is -2.32. The minimum Gasteiger partial charge on any atom is -0.496 e. The highest BCUT2D eigenvalue weighted by Crippen LogP contribution is 2.47. The van der Waals surface area contributed by atoms with E-state index in [9.17, 15) is 14.0 Å². The third-order valence-corrected chi connectivity index (χ3v) is 5.31. The maximum absolute atomic E-state index is 13.4. The number of amides is 1. The van der Waals surface area contributed by atoms with Gasteiger partial charge in [-0.2, -0.15) is 0 Å². The van der Waals surface area contributed by atoms with E-state index < -0.39 is 17.7 Å². The number of nitrogens with zero attached hydrogens (tertiary/aromatic N) is 1. The number of carbonyl (C=O) groups is 2. The zero-order valence-corrected chi connectivity index (χ0v) is 16.7. The van der Waals surface area contributed by atoms with Crippen LogP contribution in [0.5, 0.6) is 17.2 Å². The van der Waals surface area contributed by atoms with Gasteiger partial charge in [-0.25, -0.2) is 9.18 Å². The Morgan fingerprint density at radius 1 is 0.967 bits per heavy atom. The van der Waals surface area contributed by atoms with E-state index in [1.54, 1.807) is 12.1 Å². The van der Waals surface area contributed by atoms with Crippen molar-refractivity contribution in [2.24, 2.45) is 0 Å². The molecule has 2 aromatic rings. The Kier molecular flexibility index (Phi) is 5.07. The van der Waals surface area contributed by atoms with Crippen molar-refractivity contribution in [3.8, 4) is 17.2 Å². The highest BCUT2D eigenvalue weighted by atomic mass is 19.1. The second-order valence-electron chi connectivity index (χ2n) is 6.85. The second-order valence-corrected chi connectivity index (χ2v) is 6.85. The van der Waals surface area contributed by atoms with Gasteiger partial charge in [0.1, 0.15) is 18.2 Å². The molecule has 2 aliphatic rings. The number of esters is 1. The molecule has 0 bridgehead atoms. The predicted octanol–water partition coefficient (Wildman–Crippen LogP) is 3.18. The Bertz CT molecular complexity index is 1050. The molecule has 0 saturated carbocycles. The van der Waals surface area contributed by atoms with Crippen molar-refractivity contribution in [1.82, 2.24) is 0 Å². The van der Waals surface area contributed by atoms with Gasteiger partial charge in [-0.3, -0.25) is 9.69 Å². The van der Waals surface area contributed by atoms with Gasteiger partial charge in [-0.15, -0.1) is 0 Å². The van der Waals surface area contributed by atoms with Gasteiger partial charge in [0, 0.05) is 29.7 Å². The summed E-state index contributed by atoms with van der Waals surface area (Å²) in [6.07, 6.45) is 0.0111. The van der Waals surface area contributed by atoms with Crippen LogP contribution in [0.3, 0.4) is 0 Å². The van der Waals surface area contributed by atoms with E-state index in [0.29, 0.717) is 39.8 Å². The number of methoxy groups -OCH3 is 3. The van der Waals surface area contributed by atoms with Crippen LogP contribution in [-0.2, 0) is 14.3 Å². The van der Waals surface area contributed by atoms with E-state index >= 15 is 0 Å². The third kappa shape index (κ3) is 3.14. The second kappa shape index (κ2) is 7.70. The molecule has 30 heavy (non-hydrogen) atoms. The summed E-state index contributed by atoms with van der Waals surface area (Å²) >= 11 is 0. The number of hydrogen-bond acceptors (Lipinski definition) is 6. The molecule has 2 heterocycles. The van der Waals surface area contributed by atoms with Crippen LogP contribution in [0, 0.1) is 5.82 Å². The summed E-state index contributed by atoms with van der Waals surface area (Å²) in [6, 6.07) is 8.90. The molecule has 1 atom stereocenters. The van der Waals surface area contributed by atoms with Crippen molar-refractivity contribution in [3.05, 3.63) is 59.0 Å². The first-order valence-corrected chi connectivity index (χ1v) is 9.27. The average Bonchev–Trinajstić information content (AvgIpc) is 3.14. The fraction of sp³-hybridized carbons (Fsp3) is 0.273. The molecule has 1 amide bonds. The van der Waals surface area contributed by atoms with E-state index in [-0.39, 0.29) is 18.9 Å². The van der Waals surface area contributed by atoms with Crippen molar-refractivity contribution in [2.45, 2.75) is 12.3 Å². The van der Waals surface area contributed by atoms with Crippen LogP contribution >= 0.6 is 0 Å². The van der Waals surface area contributed by atoms with Gasteiger partial charge in [0.05, 0.1) is 32.6 Å². The van der Waals surface area contributed by atoms with Crippen LogP contribution in [0.4, 0.5) is 10.1 Å². The Morgan fingerprint density at radius 2 is 1.60 bits per heavy atom. The van der Waals surface area contributed by atoms with E-state index in [4.69, 9.17) is 18.9 Å². The molecule has 2 aromatic carbocycles. The summed E-state index contributed by atoms with van der Waals surface area (Å²) in [6.45, 7) is -0.0383. The molecule has 4 rings (SSSR count).